The van der Waals surface area contributed by atoms with Gasteiger partial charge < -0.3 is 20.1 Å². The van der Waals surface area contributed by atoms with E-state index in [0.717, 1.165) is 51.3 Å². The predicted octanol–water partition coefficient (Wildman–Crippen LogP) is 1.66. The smallest absolute Gasteiger partial charge is 0.213 e. The minimum Gasteiger partial charge on any atom is -0.472 e. The normalized spacial score (nSPS) is 27.5. The highest BCUT2D eigenvalue weighted by Gasteiger charge is 2.28. The molecule has 0 bridgehead atoms. The molecule has 6 nitrogen and oxygen atoms in total. The second kappa shape index (κ2) is 8.33. The molecule has 0 aromatic carbocycles. The number of ether oxygens (including phenoxy) is 1. The first-order valence-electron chi connectivity index (χ1n) is 9.05. The van der Waals surface area contributed by atoms with Crippen LogP contribution in [0.3, 0.4) is 0 Å². The van der Waals surface area contributed by atoms with Crippen LogP contribution in [0.2, 0.25) is 0 Å². The van der Waals surface area contributed by atoms with Gasteiger partial charge in [0.2, 0.25) is 5.88 Å². The molecule has 1 saturated heterocycles. The standard InChI is InChI=1S/C18H28N4O2/c1-2-19-18(21-12-14-6-5-7-16(14)23)22-11-9-15(13-22)24-17-8-3-4-10-20-17/h3-4,8,10,14-16,23H,2,5-7,9,11-13H2,1H3,(H,19,21). The Hall–Kier alpha value is -1.82. The highest BCUT2D eigenvalue weighted by molar-refractivity contribution is 5.80. The summed E-state index contributed by atoms with van der Waals surface area (Å²) in [6.45, 7) is 5.37. The van der Waals surface area contributed by atoms with E-state index in [1.165, 1.54) is 0 Å². The Morgan fingerprint density at radius 3 is 3.04 bits per heavy atom. The van der Waals surface area contributed by atoms with Crippen molar-refractivity contribution in [2.45, 2.75) is 44.8 Å². The fourth-order valence-electron chi connectivity index (χ4n) is 3.46. The molecule has 1 aliphatic heterocycles. The van der Waals surface area contributed by atoms with Gasteiger partial charge in [-0.3, -0.25) is 4.99 Å². The minimum atomic E-state index is -0.185. The van der Waals surface area contributed by atoms with Gasteiger partial charge in [0.05, 0.1) is 12.6 Å². The molecule has 132 valence electrons. The van der Waals surface area contributed by atoms with E-state index >= 15 is 0 Å². The monoisotopic (exact) mass is 332 g/mol. The highest BCUT2D eigenvalue weighted by Crippen LogP contribution is 2.25. The summed E-state index contributed by atoms with van der Waals surface area (Å²) in [6, 6.07) is 5.72. The summed E-state index contributed by atoms with van der Waals surface area (Å²) < 4.78 is 5.95. The Morgan fingerprint density at radius 1 is 1.42 bits per heavy atom. The molecule has 2 fully saturated rings. The molecular weight excluding hydrogens is 304 g/mol. The maximum atomic E-state index is 9.97. The number of pyridine rings is 1. The Kier molecular flexibility index (Phi) is 5.91. The van der Waals surface area contributed by atoms with Gasteiger partial charge in [-0.2, -0.15) is 0 Å². The molecule has 24 heavy (non-hydrogen) atoms. The number of aliphatic hydroxyl groups excluding tert-OH is 1. The van der Waals surface area contributed by atoms with Gasteiger partial charge in [0.1, 0.15) is 6.10 Å². The lowest BCUT2D eigenvalue weighted by atomic mass is 10.1. The van der Waals surface area contributed by atoms with Crippen molar-refractivity contribution < 1.29 is 9.84 Å². The Labute approximate surface area is 143 Å². The summed E-state index contributed by atoms with van der Waals surface area (Å²) >= 11 is 0. The van der Waals surface area contributed by atoms with Gasteiger partial charge in [-0.15, -0.1) is 0 Å². The van der Waals surface area contributed by atoms with E-state index in [1.54, 1.807) is 6.20 Å². The number of hydrogen-bond donors (Lipinski definition) is 2. The predicted molar refractivity (Wildman–Crippen MR) is 94.2 cm³/mol. The molecule has 1 saturated carbocycles. The maximum absolute atomic E-state index is 9.97. The average Bonchev–Trinajstić information content (AvgIpc) is 3.22. The molecule has 3 rings (SSSR count). The van der Waals surface area contributed by atoms with Crippen LogP contribution in [-0.4, -0.2) is 59.3 Å². The largest absolute Gasteiger partial charge is 0.472 e. The molecule has 1 aliphatic carbocycles. The number of aliphatic imine (C=N–C) groups is 1. The third-order valence-electron chi connectivity index (χ3n) is 4.80. The van der Waals surface area contributed by atoms with E-state index in [1.807, 2.05) is 18.2 Å². The number of rotatable bonds is 5. The first-order chi connectivity index (χ1) is 11.8. The van der Waals surface area contributed by atoms with Gasteiger partial charge in [-0.1, -0.05) is 12.5 Å². The number of aliphatic hydroxyl groups is 1. The third kappa shape index (κ3) is 4.38. The fraction of sp³-hybridized carbons (Fsp3) is 0.667. The second-order valence-corrected chi connectivity index (χ2v) is 6.60. The quantitative estimate of drug-likeness (QED) is 0.634. The Morgan fingerprint density at radius 2 is 2.33 bits per heavy atom. The zero-order valence-corrected chi connectivity index (χ0v) is 14.4. The topological polar surface area (TPSA) is 70.0 Å². The summed E-state index contributed by atoms with van der Waals surface area (Å²) in [6.07, 6.45) is 5.78. The van der Waals surface area contributed by atoms with Crippen LogP contribution >= 0.6 is 0 Å². The molecular formula is C18H28N4O2. The van der Waals surface area contributed by atoms with Gasteiger partial charge in [-0.25, -0.2) is 4.98 Å². The van der Waals surface area contributed by atoms with Gasteiger partial charge in [0.25, 0.3) is 0 Å². The van der Waals surface area contributed by atoms with Gasteiger partial charge in [0, 0.05) is 44.2 Å². The molecule has 2 N–H and O–H groups in total. The number of likely N-dealkylation sites (tertiary alicyclic amines) is 1. The van der Waals surface area contributed by atoms with Crippen LogP contribution in [0.15, 0.2) is 29.4 Å². The van der Waals surface area contributed by atoms with Crippen molar-refractivity contribution in [3.63, 3.8) is 0 Å². The van der Waals surface area contributed by atoms with Crippen molar-refractivity contribution in [2.24, 2.45) is 10.9 Å². The molecule has 3 atom stereocenters. The number of hydrogen-bond acceptors (Lipinski definition) is 4. The first kappa shape index (κ1) is 17.0. The van der Waals surface area contributed by atoms with Crippen molar-refractivity contribution in [2.75, 3.05) is 26.2 Å². The summed E-state index contributed by atoms with van der Waals surface area (Å²) in [4.78, 5) is 11.2. The van der Waals surface area contributed by atoms with Gasteiger partial charge in [-0.05, 0) is 25.8 Å². The van der Waals surface area contributed by atoms with Gasteiger partial charge in [0.15, 0.2) is 5.96 Å². The zero-order chi connectivity index (χ0) is 16.8. The lowest BCUT2D eigenvalue weighted by Gasteiger charge is -2.22. The van der Waals surface area contributed by atoms with Crippen LogP contribution < -0.4 is 10.1 Å². The maximum Gasteiger partial charge on any atom is 0.213 e. The number of guanidine groups is 1. The Bertz CT molecular complexity index is 537. The zero-order valence-electron chi connectivity index (χ0n) is 14.4. The molecule has 0 spiro atoms. The molecule has 2 aliphatic rings. The van der Waals surface area contributed by atoms with Crippen LogP contribution in [0.25, 0.3) is 0 Å². The van der Waals surface area contributed by atoms with Crippen LogP contribution in [0.5, 0.6) is 5.88 Å². The average molecular weight is 332 g/mol. The van der Waals surface area contributed by atoms with Crippen molar-refractivity contribution in [3.05, 3.63) is 24.4 Å². The van der Waals surface area contributed by atoms with E-state index in [4.69, 9.17) is 9.73 Å². The van der Waals surface area contributed by atoms with Crippen molar-refractivity contribution >= 4 is 5.96 Å². The summed E-state index contributed by atoms with van der Waals surface area (Å²) in [5, 5.41) is 13.3. The number of aromatic nitrogens is 1. The number of nitrogens with one attached hydrogen (secondary N) is 1. The van der Waals surface area contributed by atoms with Crippen molar-refractivity contribution in [3.8, 4) is 5.88 Å². The molecule has 1 aromatic rings. The minimum absolute atomic E-state index is 0.140. The molecule has 2 heterocycles. The summed E-state index contributed by atoms with van der Waals surface area (Å²) in [5.74, 6) is 1.92. The molecule has 0 amide bonds. The molecule has 0 radical (unpaired) electrons. The summed E-state index contributed by atoms with van der Waals surface area (Å²) in [7, 11) is 0. The van der Waals surface area contributed by atoms with E-state index in [2.05, 4.69) is 22.1 Å². The molecule has 1 aromatic heterocycles. The second-order valence-electron chi connectivity index (χ2n) is 6.60. The van der Waals surface area contributed by atoms with E-state index < -0.39 is 0 Å². The summed E-state index contributed by atoms with van der Waals surface area (Å²) in [5.41, 5.74) is 0. The Balaban J connectivity index is 1.56. The van der Waals surface area contributed by atoms with Gasteiger partial charge >= 0.3 is 0 Å². The lowest BCUT2D eigenvalue weighted by Crippen LogP contribution is -2.41. The van der Waals surface area contributed by atoms with E-state index in [0.29, 0.717) is 18.3 Å². The molecule has 3 unspecified atom stereocenters. The van der Waals surface area contributed by atoms with Crippen molar-refractivity contribution in [1.29, 1.82) is 0 Å². The SMILES string of the molecule is CCNC(=NCC1CCCC1O)N1CCC(Oc2ccccn2)C1. The van der Waals surface area contributed by atoms with E-state index in [9.17, 15) is 5.11 Å². The molecule has 6 heteroatoms. The first-order valence-corrected chi connectivity index (χ1v) is 9.05. The highest BCUT2D eigenvalue weighted by atomic mass is 16.5. The van der Waals surface area contributed by atoms with Crippen LogP contribution in [0.4, 0.5) is 0 Å². The van der Waals surface area contributed by atoms with Crippen LogP contribution in [0.1, 0.15) is 32.6 Å². The fourth-order valence-corrected chi connectivity index (χ4v) is 3.46. The van der Waals surface area contributed by atoms with E-state index in [-0.39, 0.29) is 12.2 Å². The third-order valence-corrected chi connectivity index (χ3v) is 4.80. The lowest BCUT2D eigenvalue weighted by molar-refractivity contribution is 0.136. The van der Waals surface area contributed by atoms with Crippen LogP contribution in [0, 0.1) is 5.92 Å². The number of nitrogens with zero attached hydrogens (tertiary/aromatic N) is 3. The van der Waals surface area contributed by atoms with Crippen LogP contribution in [-0.2, 0) is 0 Å². The van der Waals surface area contributed by atoms with Crippen molar-refractivity contribution in [1.82, 2.24) is 15.2 Å².